The number of Topliss-reactive ketones (excluding diaryl/α,β-unsaturated/α-hetero) is 1. The van der Waals surface area contributed by atoms with Crippen molar-refractivity contribution >= 4 is 17.6 Å². The molecule has 0 spiro atoms. The van der Waals surface area contributed by atoms with Crippen molar-refractivity contribution in [2.45, 2.75) is 90.4 Å². The van der Waals surface area contributed by atoms with E-state index in [4.69, 9.17) is 0 Å². The Hall–Kier alpha value is -1.97. The SMILES string of the molecule is CN1C(=O)c2ccccc2C(C)(CC2CC[C@@]3(C)[C@@H](CC[C@@H]4[C@@H]3CC[C@]3(C)C(=O)CC[C@@H]43)C2)C1=O. The summed E-state index contributed by atoms with van der Waals surface area (Å²) in [5, 5.41) is 0. The number of hydrogen-bond acceptors (Lipinski definition) is 3. The van der Waals surface area contributed by atoms with Gasteiger partial charge in [0.25, 0.3) is 5.91 Å². The summed E-state index contributed by atoms with van der Waals surface area (Å²) < 4.78 is 0. The third-order valence-electron chi connectivity index (χ3n) is 12.0. The summed E-state index contributed by atoms with van der Waals surface area (Å²) in [6, 6.07) is 7.74. The van der Waals surface area contributed by atoms with Crippen molar-refractivity contribution in [3.63, 3.8) is 0 Å². The van der Waals surface area contributed by atoms with Crippen LogP contribution in [0.2, 0.25) is 0 Å². The van der Waals surface area contributed by atoms with Crippen molar-refractivity contribution < 1.29 is 14.4 Å². The van der Waals surface area contributed by atoms with Crippen LogP contribution >= 0.6 is 0 Å². The molecule has 35 heavy (non-hydrogen) atoms. The van der Waals surface area contributed by atoms with E-state index in [1.54, 1.807) is 7.05 Å². The number of fused-ring (bicyclic) bond motifs is 6. The highest BCUT2D eigenvalue weighted by Gasteiger charge is 2.60. The molecule has 8 atom stereocenters. The van der Waals surface area contributed by atoms with Crippen molar-refractivity contribution in [2.75, 3.05) is 7.05 Å². The van der Waals surface area contributed by atoms with Crippen LogP contribution in [0, 0.1) is 40.4 Å². The van der Waals surface area contributed by atoms with Crippen LogP contribution in [0.1, 0.15) is 101 Å². The maximum atomic E-state index is 13.5. The summed E-state index contributed by atoms with van der Waals surface area (Å²) in [6.45, 7) is 6.91. The molecule has 4 saturated carbocycles. The lowest BCUT2D eigenvalue weighted by atomic mass is 9.44. The van der Waals surface area contributed by atoms with Crippen LogP contribution in [0.4, 0.5) is 0 Å². The van der Waals surface area contributed by atoms with Gasteiger partial charge in [-0.2, -0.15) is 0 Å². The predicted molar refractivity (Wildman–Crippen MR) is 136 cm³/mol. The van der Waals surface area contributed by atoms with Crippen LogP contribution in [0.3, 0.4) is 0 Å². The van der Waals surface area contributed by atoms with Crippen LogP contribution in [-0.4, -0.2) is 29.5 Å². The minimum absolute atomic E-state index is 0.0456. The van der Waals surface area contributed by atoms with Crippen LogP contribution in [-0.2, 0) is 15.0 Å². The van der Waals surface area contributed by atoms with E-state index in [2.05, 4.69) is 20.8 Å². The molecule has 4 aliphatic carbocycles. The zero-order valence-corrected chi connectivity index (χ0v) is 21.9. The molecule has 0 aromatic heterocycles. The Balaban J connectivity index is 1.23. The number of amides is 2. The van der Waals surface area contributed by atoms with E-state index in [0.29, 0.717) is 34.5 Å². The molecule has 0 N–H and O–H groups in total. The molecule has 0 radical (unpaired) electrons. The third kappa shape index (κ3) is 3.13. The summed E-state index contributed by atoms with van der Waals surface area (Å²) in [7, 11) is 1.64. The van der Waals surface area contributed by atoms with Crippen LogP contribution in [0.25, 0.3) is 0 Å². The first-order valence-electron chi connectivity index (χ1n) is 14.0. The zero-order valence-electron chi connectivity index (χ0n) is 21.9. The minimum Gasteiger partial charge on any atom is -0.299 e. The third-order valence-corrected chi connectivity index (χ3v) is 12.0. The van der Waals surface area contributed by atoms with Crippen LogP contribution in [0.5, 0.6) is 0 Å². The fourth-order valence-electron chi connectivity index (χ4n) is 9.99. The summed E-state index contributed by atoms with van der Waals surface area (Å²) in [5.41, 5.74) is 1.30. The van der Waals surface area contributed by atoms with Crippen molar-refractivity contribution in [1.82, 2.24) is 4.90 Å². The summed E-state index contributed by atoms with van der Waals surface area (Å²) in [4.78, 5) is 40.3. The molecule has 188 valence electrons. The number of carbonyl (C=O) groups is 3. The normalized spacial score (nSPS) is 45.0. The van der Waals surface area contributed by atoms with Gasteiger partial charge in [0.05, 0.1) is 5.41 Å². The molecule has 4 heteroatoms. The summed E-state index contributed by atoms with van der Waals surface area (Å²) >= 11 is 0. The molecule has 4 fully saturated rings. The Labute approximate surface area is 210 Å². The molecule has 5 aliphatic rings. The minimum atomic E-state index is -0.633. The first kappa shape index (κ1) is 23.4. The van der Waals surface area contributed by atoms with Gasteiger partial charge < -0.3 is 0 Å². The van der Waals surface area contributed by atoms with Gasteiger partial charge in [0.15, 0.2) is 0 Å². The number of imide groups is 1. The molecule has 0 bridgehead atoms. The van der Waals surface area contributed by atoms with E-state index in [1.807, 2.05) is 24.3 Å². The maximum Gasteiger partial charge on any atom is 0.260 e. The van der Waals surface area contributed by atoms with Crippen molar-refractivity contribution in [1.29, 1.82) is 0 Å². The Morgan fingerprint density at radius 3 is 2.49 bits per heavy atom. The lowest BCUT2D eigenvalue weighted by Gasteiger charge is -2.60. The summed E-state index contributed by atoms with van der Waals surface area (Å²) in [5.74, 6) is 3.61. The van der Waals surface area contributed by atoms with E-state index in [1.165, 1.54) is 43.4 Å². The Morgan fingerprint density at radius 1 is 0.914 bits per heavy atom. The maximum absolute atomic E-state index is 13.5. The highest BCUT2D eigenvalue weighted by atomic mass is 16.2. The predicted octanol–water partition coefficient (Wildman–Crippen LogP) is 6.17. The average molecular weight is 476 g/mol. The highest BCUT2D eigenvalue weighted by Crippen LogP contribution is 2.66. The summed E-state index contributed by atoms with van der Waals surface area (Å²) in [6.07, 6.45) is 11.2. The van der Waals surface area contributed by atoms with Gasteiger partial charge >= 0.3 is 0 Å². The topological polar surface area (TPSA) is 54.5 Å². The fraction of sp³-hybridized carbons (Fsp3) is 0.710. The van der Waals surface area contributed by atoms with Crippen LogP contribution < -0.4 is 0 Å². The molecule has 1 heterocycles. The van der Waals surface area contributed by atoms with Gasteiger partial charge in [-0.1, -0.05) is 32.0 Å². The van der Waals surface area contributed by atoms with E-state index in [0.717, 1.165) is 43.1 Å². The lowest BCUT2D eigenvalue weighted by molar-refractivity contribution is -0.142. The van der Waals surface area contributed by atoms with E-state index in [9.17, 15) is 14.4 Å². The molecule has 1 aromatic rings. The van der Waals surface area contributed by atoms with Crippen molar-refractivity contribution in [3.8, 4) is 0 Å². The Morgan fingerprint density at radius 2 is 1.69 bits per heavy atom. The first-order valence-corrected chi connectivity index (χ1v) is 14.0. The second-order valence-electron chi connectivity index (χ2n) is 13.5. The zero-order chi connectivity index (χ0) is 24.8. The second kappa shape index (κ2) is 7.76. The number of benzene rings is 1. The molecule has 1 aliphatic heterocycles. The smallest absolute Gasteiger partial charge is 0.260 e. The quantitative estimate of drug-likeness (QED) is 0.480. The van der Waals surface area contributed by atoms with Gasteiger partial charge in [0.1, 0.15) is 5.78 Å². The van der Waals surface area contributed by atoms with Gasteiger partial charge in [0, 0.05) is 24.4 Å². The molecule has 4 nitrogen and oxygen atoms in total. The monoisotopic (exact) mass is 475 g/mol. The number of carbonyl (C=O) groups excluding carboxylic acids is 3. The largest absolute Gasteiger partial charge is 0.299 e. The van der Waals surface area contributed by atoms with Gasteiger partial charge in [-0.3, -0.25) is 19.3 Å². The number of ketones is 1. The molecule has 0 saturated heterocycles. The van der Waals surface area contributed by atoms with Crippen molar-refractivity contribution in [2.24, 2.45) is 40.4 Å². The molecule has 2 unspecified atom stereocenters. The number of hydrogen-bond donors (Lipinski definition) is 0. The van der Waals surface area contributed by atoms with Gasteiger partial charge in [0.2, 0.25) is 5.91 Å². The number of rotatable bonds is 2. The van der Waals surface area contributed by atoms with E-state index in [-0.39, 0.29) is 17.2 Å². The Kier molecular flexibility index (Phi) is 5.20. The average Bonchev–Trinajstić information content (AvgIpc) is 3.16. The molecule has 6 rings (SSSR count). The van der Waals surface area contributed by atoms with Crippen LogP contribution in [0.15, 0.2) is 24.3 Å². The molecule has 1 aromatic carbocycles. The van der Waals surface area contributed by atoms with Gasteiger partial charge in [-0.05, 0) is 111 Å². The van der Waals surface area contributed by atoms with E-state index >= 15 is 0 Å². The van der Waals surface area contributed by atoms with Gasteiger partial charge in [-0.15, -0.1) is 0 Å². The van der Waals surface area contributed by atoms with E-state index < -0.39 is 5.41 Å². The van der Waals surface area contributed by atoms with Crippen molar-refractivity contribution in [3.05, 3.63) is 35.4 Å². The molecular weight excluding hydrogens is 434 g/mol. The first-order chi connectivity index (χ1) is 16.6. The second-order valence-corrected chi connectivity index (χ2v) is 13.5. The number of nitrogens with zero attached hydrogens (tertiary/aromatic N) is 1. The molecular formula is C31H41NO3. The highest BCUT2D eigenvalue weighted by molar-refractivity contribution is 6.12. The Bertz CT molecular complexity index is 1090. The van der Waals surface area contributed by atoms with Gasteiger partial charge in [-0.25, -0.2) is 0 Å². The lowest BCUT2D eigenvalue weighted by Crippen LogP contribution is -2.55. The fourth-order valence-corrected chi connectivity index (χ4v) is 9.99. The number of likely N-dealkylation sites (N-methyl/N-ethyl adjacent to an activating group) is 1. The molecule has 2 amide bonds. The standard InChI is InChI=1S/C31H41NO3/c1-29-15-13-19(18-31(3)23-8-6-5-7-22(23)27(34)32(4)28(31)35)17-20(29)9-10-21-24-11-12-26(33)30(24,2)16-14-25(21)29/h5-8,19-21,24-25H,9-18H2,1-4H3/t19?,20-,21-,24-,25-,29-,30-,31?/m0/s1.